The van der Waals surface area contributed by atoms with Gasteiger partial charge in [-0.25, -0.2) is 0 Å². The zero-order chi connectivity index (χ0) is 29.3. The highest BCUT2D eigenvalue weighted by atomic mass is 16.2. The highest BCUT2D eigenvalue weighted by Gasteiger charge is 2.27. The largest absolute Gasteiger partial charge is 0.326 e. The number of anilines is 2. The summed E-state index contributed by atoms with van der Waals surface area (Å²) in [5.41, 5.74) is 17.0. The zero-order valence-corrected chi connectivity index (χ0v) is 23.5. The van der Waals surface area contributed by atoms with Gasteiger partial charge >= 0.3 is 0 Å². The van der Waals surface area contributed by atoms with Crippen molar-refractivity contribution in [3.63, 3.8) is 0 Å². The molecule has 0 radical (unpaired) electrons. The fourth-order valence-electron chi connectivity index (χ4n) is 5.46. The minimum atomic E-state index is -0.150. The van der Waals surface area contributed by atoms with Crippen LogP contribution in [0.25, 0.3) is 0 Å². The Balaban J connectivity index is 1.13. The first-order valence-corrected chi connectivity index (χ1v) is 14.3. The van der Waals surface area contributed by atoms with Crippen LogP contribution in [0.3, 0.4) is 0 Å². The Hall–Kier alpha value is -4.54. The van der Waals surface area contributed by atoms with Crippen molar-refractivity contribution in [3.05, 3.63) is 106 Å². The average Bonchev–Trinajstić information content (AvgIpc) is 3.02. The van der Waals surface area contributed by atoms with Crippen molar-refractivity contribution in [2.24, 2.45) is 11.5 Å². The summed E-state index contributed by atoms with van der Waals surface area (Å²) in [5.74, 6) is 1.05. The Morgan fingerprint density at radius 1 is 0.643 bits per heavy atom. The van der Waals surface area contributed by atoms with Gasteiger partial charge in [-0.2, -0.15) is 10.2 Å². The summed E-state index contributed by atoms with van der Waals surface area (Å²) in [6.07, 6.45) is 4.44. The summed E-state index contributed by atoms with van der Waals surface area (Å²) < 4.78 is 0. The van der Waals surface area contributed by atoms with Gasteiger partial charge in [0.1, 0.15) is 0 Å². The molecule has 0 unspecified atom stereocenters. The Labute approximate surface area is 245 Å². The molecular weight excluding hydrogens is 528 g/mol. The molecule has 6 N–H and O–H groups in total. The first-order chi connectivity index (χ1) is 20.5. The molecule has 1 aliphatic rings. The van der Waals surface area contributed by atoms with Crippen LogP contribution in [0, 0.1) is 0 Å². The molecule has 10 nitrogen and oxygen atoms in total. The van der Waals surface area contributed by atoms with Crippen LogP contribution in [-0.2, 0) is 35.5 Å². The van der Waals surface area contributed by atoms with Gasteiger partial charge in [0.25, 0.3) is 0 Å². The van der Waals surface area contributed by atoms with E-state index < -0.39 is 0 Å². The van der Waals surface area contributed by atoms with Crippen LogP contribution in [0.4, 0.5) is 11.6 Å². The number of nitrogens with two attached hydrogens (primary N) is 2. The number of hydrogen-bond acceptors (Lipinski definition) is 8. The molecule has 2 heterocycles. The summed E-state index contributed by atoms with van der Waals surface area (Å²) in [6.45, 7) is 0.874. The predicted octanol–water partition coefficient (Wildman–Crippen LogP) is 3.99. The van der Waals surface area contributed by atoms with Gasteiger partial charge in [-0.1, -0.05) is 55.0 Å². The lowest BCUT2D eigenvalue weighted by atomic mass is 9.78. The van der Waals surface area contributed by atoms with Crippen LogP contribution in [0.5, 0.6) is 0 Å². The second kappa shape index (κ2) is 13.9. The molecule has 1 aliphatic carbocycles. The second-order valence-electron chi connectivity index (χ2n) is 10.7. The van der Waals surface area contributed by atoms with Gasteiger partial charge in [-0.05, 0) is 65.8 Å². The minimum Gasteiger partial charge on any atom is -0.326 e. The van der Waals surface area contributed by atoms with Crippen molar-refractivity contribution < 1.29 is 9.59 Å². The van der Waals surface area contributed by atoms with Crippen LogP contribution < -0.4 is 22.1 Å². The quantitative estimate of drug-likeness (QED) is 0.225. The first-order valence-electron chi connectivity index (χ1n) is 14.3. The maximum Gasteiger partial charge on any atom is 0.229 e. The molecule has 0 bridgehead atoms. The normalized spacial score (nSPS) is 16.5. The molecule has 0 spiro atoms. The molecular formula is C32H36N8O2. The van der Waals surface area contributed by atoms with Gasteiger partial charge in [0, 0.05) is 24.9 Å². The van der Waals surface area contributed by atoms with E-state index in [9.17, 15) is 9.59 Å². The number of nitrogens with one attached hydrogen (secondary N) is 2. The smallest absolute Gasteiger partial charge is 0.229 e. The second-order valence-corrected chi connectivity index (χ2v) is 10.7. The summed E-state index contributed by atoms with van der Waals surface area (Å²) in [5, 5.41) is 23.1. The minimum absolute atomic E-state index is 0.150. The number of nitrogens with zero attached hydrogens (tertiary/aromatic N) is 4. The van der Waals surface area contributed by atoms with Crippen LogP contribution >= 0.6 is 0 Å². The monoisotopic (exact) mass is 564 g/mol. The summed E-state index contributed by atoms with van der Waals surface area (Å²) in [4.78, 5) is 25.0. The number of hydrogen-bond donors (Lipinski definition) is 4. The molecule has 0 aliphatic heterocycles. The lowest BCUT2D eigenvalue weighted by Gasteiger charge is -2.28. The number of carbonyl (C=O) groups is 2. The third-order valence-electron chi connectivity index (χ3n) is 7.60. The van der Waals surface area contributed by atoms with Gasteiger partial charge < -0.3 is 22.1 Å². The van der Waals surface area contributed by atoms with E-state index in [0.29, 0.717) is 24.7 Å². The number of aromatic nitrogens is 4. The van der Waals surface area contributed by atoms with Crippen molar-refractivity contribution in [2.45, 2.75) is 63.5 Å². The summed E-state index contributed by atoms with van der Waals surface area (Å²) in [7, 11) is 0. The van der Waals surface area contributed by atoms with Crippen LogP contribution in [0.2, 0.25) is 0 Å². The van der Waals surface area contributed by atoms with Crippen molar-refractivity contribution in [1.29, 1.82) is 0 Å². The number of rotatable bonds is 10. The van der Waals surface area contributed by atoms with E-state index in [2.05, 4.69) is 31.0 Å². The van der Waals surface area contributed by atoms with Gasteiger partial charge in [0.05, 0.1) is 24.2 Å². The molecule has 2 aromatic heterocycles. The lowest BCUT2D eigenvalue weighted by molar-refractivity contribution is -0.116. The lowest BCUT2D eigenvalue weighted by Crippen LogP contribution is -2.18. The fourth-order valence-corrected chi connectivity index (χ4v) is 5.46. The van der Waals surface area contributed by atoms with E-state index in [1.54, 1.807) is 0 Å². The third kappa shape index (κ3) is 7.80. The Bertz CT molecular complexity index is 1390. The maximum atomic E-state index is 12.5. The van der Waals surface area contributed by atoms with Gasteiger partial charge in [-0.15, -0.1) is 10.2 Å². The third-order valence-corrected chi connectivity index (χ3v) is 7.60. The molecule has 4 aromatic rings. The van der Waals surface area contributed by atoms with E-state index >= 15 is 0 Å². The maximum absolute atomic E-state index is 12.5. The van der Waals surface area contributed by atoms with Crippen LogP contribution in [0.15, 0.2) is 72.8 Å². The Morgan fingerprint density at radius 2 is 1.10 bits per heavy atom. The van der Waals surface area contributed by atoms with Crippen molar-refractivity contribution in [2.75, 3.05) is 10.6 Å². The Kier molecular flexibility index (Phi) is 9.58. The molecule has 10 heteroatoms. The van der Waals surface area contributed by atoms with E-state index in [4.69, 9.17) is 11.5 Å². The number of carbonyl (C=O) groups excluding carboxylic acids is 2. The van der Waals surface area contributed by atoms with E-state index in [1.165, 1.54) is 0 Å². The van der Waals surface area contributed by atoms with E-state index in [-0.39, 0.29) is 36.5 Å². The number of amides is 2. The Morgan fingerprint density at radius 3 is 1.50 bits per heavy atom. The van der Waals surface area contributed by atoms with Gasteiger partial charge in [0.15, 0.2) is 11.6 Å². The first kappa shape index (κ1) is 29.0. The van der Waals surface area contributed by atoms with Crippen LogP contribution in [0.1, 0.15) is 71.2 Å². The molecule has 42 heavy (non-hydrogen) atoms. The molecule has 5 rings (SSSR count). The standard InChI is InChI=1S/C32H36N8O2/c33-19-23-6-1-4-21(14-23)16-31(41)35-29-12-10-27(37-39-29)25-8-3-9-26(18-25)28-11-13-30(40-38-28)36-32(42)17-22-5-2-7-24(15-22)20-34/h1-2,4-7,10-15,25-26H,3,8-9,16-20,33-34H2,(H,35,39,41)(H,36,40,42)/t25-,26-/m0/s1. The van der Waals surface area contributed by atoms with E-state index in [0.717, 1.165) is 59.3 Å². The van der Waals surface area contributed by atoms with Crippen molar-refractivity contribution in [1.82, 2.24) is 20.4 Å². The molecule has 2 atom stereocenters. The molecule has 1 saturated carbocycles. The number of benzene rings is 2. The highest BCUT2D eigenvalue weighted by Crippen LogP contribution is 2.40. The molecule has 216 valence electrons. The van der Waals surface area contributed by atoms with Crippen molar-refractivity contribution in [3.8, 4) is 0 Å². The molecule has 1 fully saturated rings. The predicted molar refractivity (Wildman–Crippen MR) is 161 cm³/mol. The average molecular weight is 565 g/mol. The summed E-state index contributed by atoms with van der Waals surface area (Å²) in [6, 6.07) is 22.9. The van der Waals surface area contributed by atoms with Gasteiger partial charge in [-0.3, -0.25) is 9.59 Å². The fraction of sp³-hybridized carbons (Fsp3) is 0.312. The molecule has 2 aromatic carbocycles. The molecule has 0 saturated heterocycles. The summed E-state index contributed by atoms with van der Waals surface area (Å²) >= 11 is 0. The van der Waals surface area contributed by atoms with E-state index in [1.807, 2.05) is 72.8 Å². The highest BCUT2D eigenvalue weighted by molar-refractivity contribution is 5.91. The molecule has 2 amide bonds. The van der Waals surface area contributed by atoms with Crippen LogP contribution in [-0.4, -0.2) is 32.2 Å². The zero-order valence-electron chi connectivity index (χ0n) is 23.5. The SMILES string of the molecule is NCc1cccc(CC(=O)Nc2ccc([C@H]3CCC[C@H](c4ccc(NC(=O)Cc5cccc(CN)c5)nn4)C3)nn2)c1. The van der Waals surface area contributed by atoms with Crippen molar-refractivity contribution >= 4 is 23.5 Å². The topological polar surface area (TPSA) is 162 Å². The van der Waals surface area contributed by atoms with Gasteiger partial charge in [0.2, 0.25) is 11.8 Å².